The van der Waals surface area contributed by atoms with Crippen LogP contribution in [-0.4, -0.2) is 29.8 Å². The van der Waals surface area contributed by atoms with Crippen LogP contribution in [0.25, 0.3) is 0 Å². The summed E-state index contributed by atoms with van der Waals surface area (Å²) < 4.78 is 24.2. The molecule has 6 N–H and O–H groups in total. The molecule has 0 spiro atoms. The zero-order valence-electron chi connectivity index (χ0n) is 31.1. The van der Waals surface area contributed by atoms with Crippen LogP contribution in [0.4, 0.5) is 0 Å². The van der Waals surface area contributed by atoms with E-state index in [0.29, 0.717) is 35.1 Å². The van der Waals surface area contributed by atoms with E-state index < -0.39 is 25.5 Å². The topological polar surface area (TPSA) is 156 Å². The van der Waals surface area contributed by atoms with Crippen molar-refractivity contribution < 1.29 is 38.9 Å². The summed E-state index contributed by atoms with van der Waals surface area (Å²) in [6, 6.07) is 7.03. The third kappa shape index (κ3) is 8.87. The first-order valence-corrected chi connectivity index (χ1v) is 19.2. The quantitative estimate of drug-likeness (QED) is 0.164. The van der Waals surface area contributed by atoms with Crippen molar-refractivity contribution in [2.24, 2.45) is 0 Å². The van der Waals surface area contributed by atoms with E-state index in [1.807, 2.05) is 96.9 Å². The van der Waals surface area contributed by atoms with Gasteiger partial charge in [0.2, 0.25) is 0 Å². The molecule has 0 unspecified atom stereocenters. The maximum atomic E-state index is 12.4. The van der Waals surface area contributed by atoms with E-state index in [9.17, 15) is 38.9 Å². The number of benzene rings is 2. The van der Waals surface area contributed by atoms with Gasteiger partial charge in [-0.15, -0.1) is 0 Å². The number of rotatable bonds is 6. The second kappa shape index (κ2) is 13.3. The molecule has 2 aromatic carbocycles. The number of phenolic OH excluding ortho intramolecular Hbond substituents is 2. The summed E-state index contributed by atoms with van der Waals surface area (Å²) in [5.74, 6) is 0.441. The molecule has 0 heterocycles. The predicted octanol–water partition coefficient (Wildman–Crippen LogP) is 9.58. The van der Waals surface area contributed by atoms with Crippen molar-refractivity contribution in [1.82, 2.24) is 0 Å². The van der Waals surface area contributed by atoms with Crippen LogP contribution in [0.2, 0.25) is 0 Å². The maximum absolute atomic E-state index is 12.4. The van der Waals surface area contributed by atoms with Crippen LogP contribution in [0.15, 0.2) is 24.3 Å². The van der Waals surface area contributed by atoms with Crippen LogP contribution in [0, 0.1) is 0 Å². The summed E-state index contributed by atoms with van der Waals surface area (Å²) in [4.78, 5) is 39.6. The minimum absolute atomic E-state index is 0.213. The average Bonchev–Trinajstić information content (AvgIpc) is 2.81. The molecular formula is C36H62O8P2. The molecule has 0 aromatic heterocycles. The van der Waals surface area contributed by atoms with Crippen molar-refractivity contribution in [1.29, 1.82) is 0 Å². The van der Waals surface area contributed by atoms with Gasteiger partial charge in [-0.25, -0.2) is 0 Å². The largest absolute Gasteiger partial charge is 0.507 e. The highest BCUT2D eigenvalue weighted by Crippen LogP contribution is 2.62. The fourth-order valence-electron chi connectivity index (χ4n) is 5.58. The highest BCUT2D eigenvalue weighted by molar-refractivity contribution is 7.53. The van der Waals surface area contributed by atoms with Gasteiger partial charge in [0, 0.05) is 0 Å². The lowest BCUT2D eigenvalue weighted by atomic mass is 9.76. The molecule has 46 heavy (non-hydrogen) atoms. The van der Waals surface area contributed by atoms with Gasteiger partial charge in [0.15, 0.2) is 0 Å². The number of phenols is 2. The highest BCUT2D eigenvalue weighted by Gasteiger charge is 2.47. The lowest BCUT2D eigenvalue weighted by Gasteiger charge is -2.36. The fraction of sp³-hybridized carbons (Fsp3) is 0.667. The van der Waals surface area contributed by atoms with Gasteiger partial charge in [-0.3, -0.25) is 9.13 Å². The smallest absolute Gasteiger partial charge is 0.335 e. The number of aromatic hydroxyl groups is 2. The Morgan fingerprint density at radius 1 is 0.478 bits per heavy atom. The van der Waals surface area contributed by atoms with E-state index in [0.717, 1.165) is 11.1 Å². The van der Waals surface area contributed by atoms with E-state index in [2.05, 4.69) is 0 Å². The Balaban J connectivity index is 0.000000462. The lowest BCUT2D eigenvalue weighted by molar-refractivity contribution is 0.314. The predicted molar refractivity (Wildman–Crippen MR) is 190 cm³/mol. The Labute approximate surface area is 278 Å². The first kappa shape index (κ1) is 42.4. The molecule has 2 aromatic rings. The van der Waals surface area contributed by atoms with Gasteiger partial charge >= 0.3 is 15.2 Å². The second-order valence-corrected chi connectivity index (χ2v) is 21.4. The van der Waals surface area contributed by atoms with Gasteiger partial charge in [0.05, 0.1) is 10.3 Å². The fourth-order valence-corrected chi connectivity index (χ4v) is 7.34. The van der Waals surface area contributed by atoms with Crippen molar-refractivity contribution in [3.63, 3.8) is 0 Å². The summed E-state index contributed by atoms with van der Waals surface area (Å²) in [5, 5.41) is 18.9. The normalized spacial score (nSPS) is 14.2. The van der Waals surface area contributed by atoms with Crippen LogP contribution in [0.1, 0.15) is 157 Å². The Hall–Kier alpha value is -1.66. The van der Waals surface area contributed by atoms with Crippen LogP contribution < -0.4 is 0 Å². The van der Waals surface area contributed by atoms with Crippen molar-refractivity contribution in [3.05, 3.63) is 57.6 Å². The first-order chi connectivity index (χ1) is 20.1. The van der Waals surface area contributed by atoms with E-state index in [1.165, 1.54) is 0 Å². The molecule has 8 nitrogen and oxygen atoms in total. The minimum atomic E-state index is -4.37. The van der Waals surface area contributed by atoms with Gasteiger partial charge in [-0.2, -0.15) is 0 Å². The van der Waals surface area contributed by atoms with Gasteiger partial charge < -0.3 is 29.8 Å². The minimum Gasteiger partial charge on any atom is -0.507 e. The van der Waals surface area contributed by atoms with Crippen molar-refractivity contribution in [2.75, 3.05) is 0 Å². The molecule has 0 bridgehead atoms. The summed E-state index contributed by atoms with van der Waals surface area (Å²) in [6.45, 7) is 30.5. The average molecular weight is 685 g/mol. The molecular weight excluding hydrogens is 622 g/mol. The van der Waals surface area contributed by atoms with Crippen molar-refractivity contribution in [3.8, 4) is 11.5 Å². The maximum Gasteiger partial charge on any atom is 0.335 e. The molecule has 0 atom stereocenters. The molecule has 0 aliphatic carbocycles. The molecule has 2 rings (SSSR count). The number of hydrogen-bond donors (Lipinski definition) is 6. The zero-order valence-corrected chi connectivity index (χ0v) is 32.9. The van der Waals surface area contributed by atoms with Gasteiger partial charge in [0.1, 0.15) is 11.5 Å². The molecule has 10 heteroatoms. The molecule has 0 amide bonds. The lowest BCUT2D eigenvalue weighted by Crippen LogP contribution is -2.27. The van der Waals surface area contributed by atoms with Crippen LogP contribution in [0.5, 0.6) is 11.5 Å². The molecule has 0 saturated heterocycles. The summed E-state index contributed by atoms with van der Waals surface area (Å²) in [7, 11) is -8.70. The van der Waals surface area contributed by atoms with Crippen LogP contribution in [-0.2, 0) is 41.1 Å². The third-order valence-electron chi connectivity index (χ3n) is 9.15. The van der Waals surface area contributed by atoms with Crippen LogP contribution in [0.3, 0.4) is 0 Å². The second-order valence-electron chi connectivity index (χ2n) is 17.2. The van der Waals surface area contributed by atoms with Crippen LogP contribution >= 0.6 is 15.2 Å². The Morgan fingerprint density at radius 3 is 0.891 bits per heavy atom. The Morgan fingerprint density at radius 2 is 0.717 bits per heavy atom. The van der Waals surface area contributed by atoms with E-state index in [-0.39, 0.29) is 33.2 Å². The summed E-state index contributed by atoms with van der Waals surface area (Å²) in [6.07, 6.45) is 0.678. The molecule has 0 aliphatic rings. The van der Waals surface area contributed by atoms with Crippen molar-refractivity contribution >= 4 is 15.2 Å². The SMILES string of the molecule is CC(C)(C)c1cc(C(C)(C)P(=O)(O)O)cc(C(C)(C)C)c1O.CCC(CC)(c1cc(C(C)(C)C)c(O)c(C(C)(C)C)c1)P(=O)(O)O. The van der Waals surface area contributed by atoms with E-state index in [1.54, 1.807) is 38.1 Å². The highest BCUT2D eigenvalue weighted by atomic mass is 31.2. The van der Waals surface area contributed by atoms with E-state index in [4.69, 9.17) is 0 Å². The summed E-state index contributed by atoms with van der Waals surface area (Å²) in [5.41, 5.74) is 2.71. The monoisotopic (exact) mass is 684 g/mol. The Bertz CT molecular complexity index is 1410. The molecule has 0 radical (unpaired) electrons. The first-order valence-electron chi connectivity index (χ1n) is 16.0. The summed E-state index contributed by atoms with van der Waals surface area (Å²) >= 11 is 0. The van der Waals surface area contributed by atoms with Crippen molar-refractivity contribution in [2.45, 2.75) is 156 Å². The van der Waals surface area contributed by atoms with Gasteiger partial charge in [-0.05, 0) is 81.7 Å². The third-order valence-corrected chi connectivity index (χ3v) is 12.9. The molecule has 264 valence electrons. The molecule has 0 saturated carbocycles. The zero-order chi connectivity index (χ0) is 36.9. The number of hydrogen-bond acceptors (Lipinski definition) is 4. The Kier molecular flexibility index (Phi) is 12.3. The standard InChI is InChI=1S/C19H33O4P.C17H29O4P/c1-9-19(10-2,24(21,22)23)13-11-14(17(3,4)5)16(20)15(12-13)18(6,7)8;1-15(2,3)12-9-11(17(7,8)22(19,20)21)10-13(14(12)18)16(4,5)6/h11-12,20H,9-10H2,1-8H3,(H2,21,22,23);9-10,18H,1-8H3,(H2,19,20,21). The van der Waals surface area contributed by atoms with Gasteiger partial charge in [-0.1, -0.05) is 121 Å². The van der Waals surface area contributed by atoms with E-state index >= 15 is 0 Å². The van der Waals surface area contributed by atoms with Gasteiger partial charge in [0.25, 0.3) is 0 Å². The molecule has 0 aliphatic heterocycles. The molecule has 0 fully saturated rings.